The van der Waals surface area contributed by atoms with Gasteiger partial charge in [-0.2, -0.15) is 5.10 Å². The van der Waals surface area contributed by atoms with Crippen LogP contribution in [0.1, 0.15) is 19.8 Å². The molecule has 0 bridgehead atoms. The van der Waals surface area contributed by atoms with Gasteiger partial charge in [0.2, 0.25) is 5.91 Å². The molecule has 3 aromatic rings. The molecule has 0 aliphatic heterocycles. The highest BCUT2D eigenvalue weighted by Crippen LogP contribution is 2.28. The summed E-state index contributed by atoms with van der Waals surface area (Å²) in [4.78, 5) is 15.1. The molecule has 0 atom stereocenters. The largest absolute Gasteiger partial charge is 0.354 e. The molecule has 3 N–H and O–H groups in total. The number of carbonyl (C=O) groups excluding carboxylic acids is 1. The summed E-state index contributed by atoms with van der Waals surface area (Å²) in [6, 6.07) is 7.87. The second-order valence-electron chi connectivity index (χ2n) is 4.73. The van der Waals surface area contributed by atoms with E-state index in [1.165, 1.54) is 0 Å². The van der Waals surface area contributed by atoms with E-state index in [4.69, 9.17) is 0 Å². The summed E-state index contributed by atoms with van der Waals surface area (Å²) in [7, 11) is 0. The molecule has 0 spiro atoms. The van der Waals surface area contributed by atoms with Crippen molar-refractivity contribution in [3.05, 3.63) is 36.7 Å². The minimum Gasteiger partial charge on any atom is -0.354 e. The molecular weight excluding hydrogens is 252 g/mol. The Kier molecular flexibility index (Phi) is 3.25. The van der Waals surface area contributed by atoms with Crippen LogP contribution in [0.25, 0.3) is 22.2 Å². The first kappa shape index (κ1) is 12.5. The SMILES string of the molecule is CCCC(=O)Nc1cccc2[nH]c(-c3cn[nH]c3)cc12. The molecule has 0 unspecified atom stereocenters. The van der Waals surface area contributed by atoms with Crippen LogP contribution < -0.4 is 5.32 Å². The van der Waals surface area contributed by atoms with Crippen molar-refractivity contribution in [2.24, 2.45) is 0 Å². The van der Waals surface area contributed by atoms with E-state index < -0.39 is 0 Å². The van der Waals surface area contributed by atoms with Gasteiger partial charge in [-0.25, -0.2) is 0 Å². The average Bonchev–Trinajstić information content (AvgIpc) is 3.08. The Morgan fingerprint density at radius 2 is 2.30 bits per heavy atom. The third-order valence-corrected chi connectivity index (χ3v) is 3.22. The van der Waals surface area contributed by atoms with Crippen LogP contribution in [0.5, 0.6) is 0 Å². The highest BCUT2D eigenvalue weighted by molar-refractivity contribution is 6.02. The number of nitrogens with one attached hydrogen (secondary N) is 3. The van der Waals surface area contributed by atoms with Gasteiger partial charge in [-0.15, -0.1) is 0 Å². The maximum absolute atomic E-state index is 11.8. The Balaban J connectivity index is 1.99. The van der Waals surface area contributed by atoms with Gasteiger partial charge >= 0.3 is 0 Å². The molecule has 1 amide bonds. The van der Waals surface area contributed by atoms with E-state index in [9.17, 15) is 4.79 Å². The molecule has 5 heteroatoms. The summed E-state index contributed by atoms with van der Waals surface area (Å²) in [5.74, 6) is 0.0473. The predicted octanol–water partition coefficient (Wildman–Crippen LogP) is 3.30. The number of nitrogens with zero attached hydrogens (tertiary/aromatic N) is 1. The van der Waals surface area contributed by atoms with E-state index in [-0.39, 0.29) is 5.91 Å². The molecule has 2 heterocycles. The van der Waals surface area contributed by atoms with Crippen molar-refractivity contribution in [1.82, 2.24) is 15.2 Å². The van der Waals surface area contributed by atoms with Crippen molar-refractivity contribution < 1.29 is 4.79 Å². The van der Waals surface area contributed by atoms with E-state index in [0.717, 1.165) is 34.3 Å². The molecule has 0 aliphatic rings. The predicted molar refractivity (Wildman–Crippen MR) is 79.4 cm³/mol. The molecule has 5 nitrogen and oxygen atoms in total. The number of anilines is 1. The van der Waals surface area contributed by atoms with Gasteiger partial charge in [0.15, 0.2) is 0 Å². The Morgan fingerprint density at radius 1 is 1.40 bits per heavy atom. The number of benzene rings is 1. The zero-order chi connectivity index (χ0) is 13.9. The summed E-state index contributed by atoms with van der Waals surface area (Å²) in [5, 5.41) is 10.7. The standard InChI is InChI=1S/C15H16N4O/c1-2-4-15(20)19-13-6-3-5-12-11(13)7-14(18-12)10-8-16-17-9-10/h3,5-9,18H,2,4H2,1H3,(H,16,17)(H,19,20). The Hall–Kier alpha value is -2.56. The minimum atomic E-state index is 0.0473. The lowest BCUT2D eigenvalue weighted by molar-refractivity contribution is -0.116. The topological polar surface area (TPSA) is 73.6 Å². The number of rotatable bonds is 4. The maximum Gasteiger partial charge on any atom is 0.224 e. The number of hydrogen-bond donors (Lipinski definition) is 3. The Bertz CT molecular complexity index is 728. The molecule has 0 radical (unpaired) electrons. The normalized spacial score (nSPS) is 10.8. The minimum absolute atomic E-state index is 0.0473. The second kappa shape index (κ2) is 5.21. The van der Waals surface area contributed by atoms with Crippen LogP contribution in [0.4, 0.5) is 5.69 Å². The number of aromatic nitrogens is 3. The van der Waals surface area contributed by atoms with Crippen LogP contribution in [0.3, 0.4) is 0 Å². The highest BCUT2D eigenvalue weighted by Gasteiger charge is 2.09. The molecule has 102 valence electrons. The fourth-order valence-corrected chi connectivity index (χ4v) is 2.26. The number of carbonyl (C=O) groups is 1. The van der Waals surface area contributed by atoms with Crippen molar-refractivity contribution in [2.45, 2.75) is 19.8 Å². The third-order valence-electron chi connectivity index (χ3n) is 3.22. The number of H-pyrrole nitrogens is 2. The number of aromatic amines is 2. The molecule has 0 saturated heterocycles. The number of fused-ring (bicyclic) bond motifs is 1. The van der Waals surface area contributed by atoms with Gasteiger partial charge in [-0.3, -0.25) is 9.89 Å². The Morgan fingerprint density at radius 3 is 3.05 bits per heavy atom. The van der Waals surface area contributed by atoms with Gasteiger partial charge in [0.1, 0.15) is 0 Å². The first-order valence-electron chi connectivity index (χ1n) is 6.68. The monoisotopic (exact) mass is 268 g/mol. The van der Waals surface area contributed by atoms with E-state index in [1.54, 1.807) is 6.20 Å². The summed E-state index contributed by atoms with van der Waals surface area (Å²) in [6.45, 7) is 1.99. The van der Waals surface area contributed by atoms with E-state index in [1.807, 2.05) is 37.4 Å². The summed E-state index contributed by atoms with van der Waals surface area (Å²) >= 11 is 0. The zero-order valence-electron chi connectivity index (χ0n) is 11.2. The van der Waals surface area contributed by atoms with Crippen LogP contribution in [0, 0.1) is 0 Å². The van der Waals surface area contributed by atoms with E-state index >= 15 is 0 Å². The molecule has 1 aromatic carbocycles. The lowest BCUT2D eigenvalue weighted by Crippen LogP contribution is -2.10. The lowest BCUT2D eigenvalue weighted by Gasteiger charge is -2.05. The van der Waals surface area contributed by atoms with E-state index in [2.05, 4.69) is 20.5 Å². The van der Waals surface area contributed by atoms with Gasteiger partial charge in [0.25, 0.3) is 0 Å². The Labute approximate surface area is 116 Å². The van der Waals surface area contributed by atoms with E-state index in [0.29, 0.717) is 6.42 Å². The molecule has 2 aromatic heterocycles. The second-order valence-corrected chi connectivity index (χ2v) is 4.73. The van der Waals surface area contributed by atoms with Gasteiger partial charge in [0.05, 0.1) is 11.9 Å². The average molecular weight is 268 g/mol. The summed E-state index contributed by atoms with van der Waals surface area (Å²) in [5.41, 5.74) is 3.81. The van der Waals surface area contributed by atoms with Crippen LogP contribution in [0.2, 0.25) is 0 Å². The highest BCUT2D eigenvalue weighted by atomic mass is 16.1. The van der Waals surface area contributed by atoms with Gasteiger partial charge < -0.3 is 10.3 Å². The summed E-state index contributed by atoms with van der Waals surface area (Å²) < 4.78 is 0. The van der Waals surface area contributed by atoms with Gasteiger partial charge in [-0.1, -0.05) is 13.0 Å². The van der Waals surface area contributed by atoms with Crippen LogP contribution in [0.15, 0.2) is 36.7 Å². The van der Waals surface area contributed by atoms with Gasteiger partial charge in [0, 0.05) is 34.8 Å². The third kappa shape index (κ3) is 2.30. The number of amides is 1. The smallest absolute Gasteiger partial charge is 0.224 e. The first-order valence-corrected chi connectivity index (χ1v) is 6.68. The first-order chi connectivity index (χ1) is 9.78. The van der Waals surface area contributed by atoms with Gasteiger partial charge in [-0.05, 0) is 24.6 Å². The molecule has 3 rings (SSSR count). The quantitative estimate of drug-likeness (QED) is 0.679. The molecule has 0 fully saturated rings. The fraction of sp³-hybridized carbons (Fsp3) is 0.200. The van der Waals surface area contributed by atoms with Crippen molar-refractivity contribution in [3.63, 3.8) is 0 Å². The lowest BCUT2D eigenvalue weighted by atomic mass is 10.2. The maximum atomic E-state index is 11.8. The summed E-state index contributed by atoms with van der Waals surface area (Å²) in [6.07, 6.45) is 4.98. The van der Waals surface area contributed by atoms with Crippen LogP contribution >= 0.6 is 0 Å². The molecule has 20 heavy (non-hydrogen) atoms. The van der Waals surface area contributed by atoms with Crippen molar-refractivity contribution >= 4 is 22.5 Å². The van der Waals surface area contributed by atoms with Crippen LogP contribution in [-0.2, 0) is 4.79 Å². The molecule has 0 saturated carbocycles. The fourth-order valence-electron chi connectivity index (χ4n) is 2.26. The van der Waals surface area contributed by atoms with Crippen molar-refractivity contribution in [2.75, 3.05) is 5.32 Å². The molecule has 0 aliphatic carbocycles. The van der Waals surface area contributed by atoms with Crippen molar-refractivity contribution in [1.29, 1.82) is 0 Å². The zero-order valence-corrected chi connectivity index (χ0v) is 11.2. The molecular formula is C15H16N4O. The number of hydrogen-bond acceptors (Lipinski definition) is 2. The van der Waals surface area contributed by atoms with Crippen LogP contribution in [-0.4, -0.2) is 21.1 Å². The van der Waals surface area contributed by atoms with Crippen molar-refractivity contribution in [3.8, 4) is 11.3 Å².